The van der Waals surface area contributed by atoms with Crippen LogP contribution in [0.1, 0.15) is 25.8 Å². The number of ether oxygens (including phenoxy) is 3. The third-order valence-corrected chi connectivity index (χ3v) is 6.84. The average Bonchev–Trinajstić information content (AvgIpc) is 3.46. The predicted molar refractivity (Wildman–Crippen MR) is 137 cm³/mol. The zero-order valence-corrected chi connectivity index (χ0v) is 21.6. The topological polar surface area (TPSA) is 124 Å². The maximum absolute atomic E-state index is 13.2. The van der Waals surface area contributed by atoms with Crippen molar-refractivity contribution >= 4 is 23.4 Å². The molecule has 0 radical (unpaired) electrons. The molecule has 1 aromatic carbocycles. The van der Waals surface area contributed by atoms with Crippen molar-refractivity contribution in [2.24, 2.45) is 0 Å². The first-order valence-electron chi connectivity index (χ1n) is 12.7. The Kier molecular flexibility index (Phi) is 6.45. The quantitative estimate of drug-likeness (QED) is 0.466. The molecule has 2 bridgehead atoms. The highest BCUT2D eigenvalue weighted by molar-refractivity contribution is 5.97. The van der Waals surface area contributed by atoms with E-state index in [1.54, 1.807) is 0 Å². The minimum atomic E-state index is -4.47. The van der Waals surface area contributed by atoms with Crippen LogP contribution in [0.3, 0.4) is 0 Å². The Labute approximate surface area is 227 Å². The summed E-state index contributed by atoms with van der Waals surface area (Å²) >= 11 is 0. The van der Waals surface area contributed by atoms with Gasteiger partial charge in [0.2, 0.25) is 11.9 Å². The molecule has 2 N–H and O–H groups in total. The minimum Gasteiger partial charge on any atom is -0.488 e. The van der Waals surface area contributed by atoms with Gasteiger partial charge in [-0.05, 0) is 32.4 Å². The molecule has 5 heterocycles. The molecule has 2 aromatic heterocycles. The lowest BCUT2D eigenvalue weighted by molar-refractivity contribution is -0.141. The van der Waals surface area contributed by atoms with Crippen molar-refractivity contribution < 1.29 is 32.2 Å². The summed E-state index contributed by atoms with van der Waals surface area (Å²) in [6, 6.07) is 4.26. The molecule has 1 unspecified atom stereocenters. The Morgan fingerprint density at radius 2 is 2.02 bits per heavy atom. The van der Waals surface area contributed by atoms with Crippen molar-refractivity contribution in [3.05, 3.63) is 48.4 Å². The van der Waals surface area contributed by atoms with Crippen LogP contribution < -0.4 is 20.3 Å². The Balaban J connectivity index is 1.11. The van der Waals surface area contributed by atoms with E-state index in [0.29, 0.717) is 36.8 Å². The fourth-order valence-corrected chi connectivity index (χ4v) is 5.00. The molecule has 40 heavy (non-hydrogen) atoms. The van der Waals surface area contributed by atoms with E-state index in [0.717, 1.165) is 12.1 Å². The van der Waals surface area contributed by atoms with Crippen LogP contribution in [0.2, 0.25) is 0 Å². The first-order chi connectivity index (χ1) is 19.0. The van der Waals surface area contributed by atoms with Gasteiger partial charge in [0.15, 0.2) is 23.2 Å². The fraction of sp³-hybridized carbons (Fsp3) is 0.423. The number of hydrogen-bond acceptors (Lipinski definition) is 10. The summed E-state index contributed by atoms with van der Waals surface area (Å²) in [5.41, 5.74) is 0.0675. The van der Waals surface area contributed by atoms with E-state index in [4.69, 9.17) is 14.2 Å². The number of anilines is 3. The number of alkyl halides is 3. The number of nitrogens with zero attached hydrogens (tertiary/aromatic N) is 5. The number of benzene rings is 1. The Bertz CT molecular complexity index is 1420. The summed E-state index contributed by atoms with van der Waals surface area (Å²) in [5, 5.41) is 6.02. The molecule has 0 aliphatic carbocycles. The lowest BCUT2D eigenvalue weighted by atomic mass is 10.1. The van der Waals surface area contributed by atoms with Crippen molar-refractivity contribution in [2.75, 3.05) is 35.3 Å². The Morgan fingerprint density at radius 1 is 1.23 bits per heavy atom. The lowest BCUT2D eigenvalue weighted by Crippen LogP contribution is -2.41. The van der Waals surface area contributed by atoms with Gasteiger partial charge >= 0.3 is 6.18 Å². The van der Waals surface area contributed by atoms with Crippen LogP contribution in [-0.4, -0.2) is 69.6 Å². The van der Waals surface area contributed by atoms with E-state index in [1.807, 2.05) is 18.7 Å². The maximum Gasteiger partial charge on any atom is 0.416 e. The zero-order chi connectivity index (χ0) is 28.1. The number of halogens is 3. The van der Waals surface area contributed by atoms with Gasteiger partial charge in [-0.3, -0.25) is 10.1 Å². The first-order valence-corrected chi connectivity index (χ1v) is 12.7. The molecule has 3 atom stereocenters. The van der Waals surface area contributed by atoms with Crippen LogP contribution >= 0.6 is 0 Å². The molecule has 3 aromatic rings. The van der Waals surface area contributed by atoms with Crippen molar-refractivity contribution in [3.8, 4) is 17.1 Å². The van der Waals surface area contributed by atoms with Gasteiger partial charge in [-0.15, -0.1) is 0 Å². The van der Waals surface area contributed by atoms with Crippen molar-refractivity contribution in [1.82, 2.24) is 19.9 Å². The molecule has 210 valence electrons. The second-order valence-electron chi connectivity index (χ2n) is 10.2. The maximum atomic E-state index is 13.2. The van der Waals surface area contributed by atoms with Crippen molar-refractivity contribution in [2.45, 2.75) is 50.4 Å². The van der Waals surface area contributed by atoms with Gasteiger partial charge in [-0.1, -0.05) is 12.1 Å². The highest BCUT2D eigenvalue weighted by Crippen LogP contribution is 2.39. The highest BCUT2D eigenvalue weighted by Gasteiger charge is 2.42. The van der Waals surface area contributed by atoms with Crippen LogP contribution in [0.25, 0.3) is 11.4 Å². The minimum absolute atomic E-state index is 0.0732. The summed E-state index contributed by atoms with van der Waals surface area (Å²) < 4.78 is 56.4. The number of nitrogens with one attached hydrogen (secondary N) is 2. The number of hydrogen-bond donors (Lipinski definition) is 2. The number of carbonyl (C=O) groups excluding carboxylic acids is 1. The molecule has 14 heteroatoms. The highest BCUT2D eigenvalue weighted by atomic mass is 19.4. The Hall–Kier alpha value is -4.04. The van der Waals surface area contributed by atoms with E-state index in [-0.39, 0.29) is 42.0 Å². The smallest absolute Gasteiger partial charge is 0.416 e. The van der Waals surface area contributed by atoms with Crippen molar-refractivity contribution in [3.63, 3.8) is 0 Å². The Morgan fingerprint density at radius 3 is 2.75 bits per heavy atom. The van der Waals surface area contributed by atoms with Gasteiger partial charge in [-0.2, -0.15) is 13.2 Å². The van der Waals surface area contributed by atoms with E-state index in [1.165, 1.54) is 30.7 Å². The SMILES string of the molecule is CC1(C)OC[C@@H](COc2cnc(NC(=O)C3C[C@H]4CN3c3cnc(-c5cccc(C(F)(F)F)c5)nc3N4)nc2)O1. The number of fused-ring (bicyclic) bond motifs is 4. The van der Waals surface area contributed by atoms with Gasteiger partial charge in [-0.25, -0.2) is 19.9 Å². The zero-order valence-electron chi connectivity index (χ0n) is 21.6. The van der Waals surface area contributed by atoms with Gasteiger partial charge in [0.05, 0.1) is 36.4 Å². The molecule has 3 aliphatic heterocycles. The number of rotatable bonds is 6. The molecule has 2 saturated heterocycles. The van der Waals surface area contributed by atoms with Gasteiger partial charge < -0.3 is 24.4 Å². The summed E-state index contributed by atoms with van der Waals surface area (Å²) in [4.78, 5) is 32.2. The predicted octanol–water partition coefficient (Wildman–Crippen LogP) is 3.49. The van der Waals surface area contributed by atoms with E-state index < -0.39 is 23.6 Å². The van der Waals surface area contributed by atoms with Gasteiger partial charge in [0.25, 0.3) is 0 Å². The molecular weight excluding hydrogens is 531 g/mol. The summed E-state index contributed by atoms with van der Waals surface area (Å²) in [5.74, 6) is 0.246. The third kappa shape index (κ3) is 5.36. The monoisotopic (exact) mass is 557 g/mol. The standard InChI is InChI=1S/C26H26F3N7O4/c1-25(2)39-13-18(40-25)12-38-17-8-31-24(32-9-17)35-23(37)19-7-16-11-36(19)20-10-30-21(34-22(20)33-16)14-4-3-5-15(6-14)26(27,28)29/h3-6,8-10,16,18-19H,7,11-13H2,1-2H3,(H,30,33,34)(H,31,32,35,37)/t16-,18+,19?/m0/s1. The average molecular weight is 558 g/mol. The van der Waals surface area contributed by atoms with Crippen LogP contribution in [0.4, 0.5) is 30.6 Å². The van der Waals surface area contributed by atoms with Crippen LogP contribution in [0.15, 0.2) is 42.9 Å². The van der Waals surface area contributed by atoms with E-state index in [2.05, 4.69) is 30.6 Å². The molecule has 1 amide bonds. The second kappa shape index (κ2) is 9.86. The molecule has 3 aliphatic rings. The van der Waals surface area contributed by atoms with Crippen LogP contribution in [-0.2, 0) is 20.4 Å². The van der Waals surface area contributed by atoms with Crippen molar-refractivity contribution in [1.29, 1.82) is 0 Å². The number of amides is 1. The first kappa shape index (κ1) is 26.2. The molecule has 0 spiro atoms. The number of carbonyl (C=O) groups is 1. The summed E-state index contributed by atoms with van der Waals surface area (Å²) in [7, 11) is 0. The normalized spacial score (nSPS) is 22.9. The van der Waals surface area contributed by atoms with Crippen LogP contribution in [0, 0.1) is 0 Å². The molecule has 11 nitrogen and oxygen atoms in total. The van der Waals surface area contributed by atoms with E-state index >= 15 is 0 Å². The third-order valence-electron chi connectivity index (χ3n) is 6.84. The van der Waals surface area contributed by atoms with Crippen LogP contribution in [0.5, 0.6) is 5.75 Å². The van der Waals surface area contributed by atoms with Gasteiger partial charge in [0, 0.05) is 18.2 Å². The summed E-state index contributed by atoms with van der Waals surface area (Å²) in [6.07, 6.45) is 0.278. The largest absolute Gasteiger partial charge is 0.488 e. The molecule has 6 rings (SSSR count). The van der Waals surface area contributed by atoms with E-state index in [9.17, 15) is 18.0 Å². The van der Waals surface area contributed by atoms with Gasteiger partial charge in [0.1, 0.15) is 18.8 Å². The number of aromatic nitrogens is 4. The fourth-order valence-electron chi connectivity index (χ4n) is 5.00. The molecule has 2 fully saturated rings. The summed E-state index contributed by atoms with van der Waals surface area (Å²) in [6.45, 7) is 4.93. The lowest BCUT2D eigenvalue weighted by Gasteiger charge is -2.30. The second-order valence-corrected chi connectivity index (χ2v) is 10.2. The molecule has 0 saturated carbocycles. The molecular formula is C26H26F3N7O4.